The topological polar surface area (TPSA) is 35.8 Å². The molecule has 0 saturated heterocycles. The molecule has 0 fully saturated rings. The fraction of sp³-hybridized carbons (Fsp3) is 0.235. The van der Waals surface area contributed by atoms with E-state index in [2.05, 4.69) is 35.7 Å². The first-order chi connectivity index (χ1) is 9.83. The third kappa shape index (κ3) is 2.28. The van der Waals surface area contributed by atoms with Gasteiger partial charge in [0.25, 0.3) is 0 Å². The van der Waals surface area contributed by atoms with Crippen molar-refractivity contribution >= 4 is 17.4 Å². The van der Waals surface area contributed by atoms with Crippen LogP contribution in [0.15, 0.2) is 47.4 Å². The maximum Gasteiger partial charge on any atom is 0.102 e. The van der Waals surface area contributed by atoms with Crippen molar-refractivity contribution in [2.24, 2.45) is 0 Å². The lowest BCUT2D eigenvalue weighted by molar-refractivity contribution is 0.635. The summed E-state index contributed by atoms with van der Waals surface area (Å²) in [4.78, 5) is 1.03. The third-order valence-corrected chi connectivity index (χ3v) is 4.64. The van der Waals surface area contributed by atoms with Crippen molar-refractivity contribution in [2.75, 3.05) is 18.1 Å². The Morgan fingerprint density at radius 2 is 2.10 bits per heavy atom. The van der Waals surface area contributed by atoms with Gasteiger partial charge in [-0.1, -0.05) is 30.3 Å². The number of hydrogen-bond acceptors (Lipinski definition) is 3. The summed E-state index contributed by atoms with van der Waals surface area (Å²) in [6.45, 7) is 0.892. The van der Waals surface area contributed by atoms with Crippen LogP contribution in [0, 0.1) is 11.3 Å². The molecule has 0 radical (unpaired) electrons. The molecule has 1 N–H and O–H groups in total. The number of hydrogen-bond donors (Lipinski definition) is 1. The number of benzene rings is 2. The van der Waals surface area contributed by atoms with Gasteiger partial charge in [0.2, 0.25) is 0 Å². The quantitative estimate of drug-likeness (QED) is 0.859. The fourth-order valence-corrected chi connectivity index (χ4v) is 3.32. The highest BCUT2D eigenvalue weighted by molar-refractivity contribution is 7.98. The van der Waals surface area contributed by atoms with Crippen LogP contribution < -0.4 is 5.32 Å². The minimum absolute atomic E-state index is 0.565. The first kappa shape index (κ1) is 13.1. The Morgan fingerprint density at radius 3 is 2.85 bits per heavy atom. The standard InChI is InChI=1S/C17H16N2S/c1-20-17-8-4-7-16(15(17)10-18)19-11-13-9-12-5-2-3-6-14(12)13/h2-8,13,19H,9,11H2,1H3. The van der Waals surface area contributed by atoms with E-state index in [9.17, 15) is 5.26 Å². The second-order valence-electron chi connectivity index (χ2n) is 4.98. The van der Waals surface area contributed by atoms with Crippen molar-refractivity contribution in [3.8, 4) is 6.07 Å². The Bertz CT molecular complexity index is 673. The Morgan fingerprint density at radius 1 is 1.25 bits per heavy atom. The van der Waals surface area contributed by atoms with Crippen molar-refractivity contribution in [2.45, 2.75) is 17.2 Å². The molecule has 20 heavy (non-hydrogen) atoms. The third-order valence-electron chi connectivity index (χ3n) is 3.86. The Hall–Kier alpha value is -1.92. The summed E-state index contributed by atoms with van der Waals surface area (Å²) in [7, 11) is 0. The van der Waals surface area contributed by atoms with E-state index >= 15 is 0 Å². The molecule has 2 aromatic carbocycles. The highest BCUT2D eigenvalue weighted by Crippen LogP contribution is 2.35. The summed E-state index contributed by atoms with van der Waals surface area (Å²) < 4.78 is 0. The van der Waals surface area contributed by atoms with Gasteiger partial charge in [0.15, 0.2) is 0 Å². The zero-order valence-electron chi connectivity index (χ0n) is 11.4. The first-order valence-electron chi connectivity index (χ1n) is 6.72. The maximum atomic E-state index is 9.32. The summed E-state index contributed by atoms with van der Waals surface area (Å²) in [5.41, 5.74) is 4.61. The summed E-state index contributed by atoms with van der Waals surface area (Å²) in [6.07, 6.45) is 3.13. The predicted octanol–water partition coefficient (Wildman–Crippen LogP) is 4.03. The van der Waals surface area contributed by atoms with Gasteiger partial charge in [-0.05, 0) is 35.9 Å². The van der Waals surface area contributed by atoms with Gasteiger partial charge in [0.05, 0.1) is 11.3 Å². The Balaban J connectivity index is 1.73. The normalized spacial score (nSPS) is 15.9. The fourth-order valence-electron chi connectivity index (χ4n) is 2.74. The van der Waals surface area contributed by atoms with E-state index < -0.39 is 0 Å². The SMILES string of the molecule is CSc1cccc(NCC2Cc3ccccc32)c1C#N. The molecule has 0 spiro atoms. The van der Waals surface area contributed by atoms with Crippen LogP contribution in [0.4, 0.5) is 5.69 Å². The lowest BCUT2D eigenvalue weighted by Gasteiger charge is -2.30. The monoisotopic (exact) mass is 280 g/mol. The molecule has 0 heterocycles. The van der Waals surface area contributed by atoms with E-state index in [1.807, 2.05) is 24.5 Å². The van der Waals surface area contributed by atoms with Gasteiger partial charge in [-0.25, -0.2) is 0 Å². The van der Waals surface area contributed by atoms with Crippen LogP contribution in [0.1, 0.15) is 22.6 Å². The summed E-state index contributed by atoms with van der Waals surface area (Å²) >= 11 is 1.61. The molecule has 0 aliphatic heterocycles. The first-order valence-corrected chi connectivity index (χ1v) is 7.94. The van der Waals surface area contributed by atoms with Gasteiger partial charge in [-0.3, -0.25) is 0 Å². The van der Waals surface area contributed by atoms with Crippen molar-refractivity contribution in [3.05, 3.63) is 59.2 Å². The highest BCUT2D eigenvalue weighted by Gasteiger charge is 2.25. The van der Waals surface area contributed by atoms with Gasteiger partial charge in [-0.2, -0.15) is 5.26 Å². The zero-order valence-corrected chi connectivity index (χ0v) is 12.2. The van der Waals surface area contributed by atoms with Crippen LogP contribution in [0.25, 0.3) is 0 Å². The van der Waals surface area contributed by atoms with Crippen molar-refractivity contribution < 1.29 is 0 Å². The predicted molar refractivity (Wildman–Crippen MR) is 84.3 cm³/mol. The molecule has 1 atom stereocenters. The molecule has 0 bridgehead atoms. The Kier molecular flexibility index (Phi) is 3.66. The minimum Gasteiger partial charge on any atom is -0.383 e. The maximum absolute atomic E-state index is 9.32. The largest absolute Gasteiger partial charge is 0.383 e. The summed E-state index contributed by atoms with van der Waals surface area (Å²) in [5, 5.41) is 12.8. The molecule has 0 aromatic heterocycles. The number of anilines is 1. The van der Waals surface area contributed by atoms with Gasteiger partial charge >= 0.3 is 0 Å². The average Bonchev–Trinajstić information content (AvgIpc) is 2.47. The number of nitriles is 1. The number of thioether (sulfide) groups is 1. The molecular weight excluding hydrogens is 264 g/mol. The van der Waals surface area contributed by atoms with Crippen LogP contribution in [0.5, 0.6) is 0 Å². The number of nitrogens with zero attached hydrogens (tertiary/aromatic N) is 1. The average molecular weight is 280 g/mol. The molecule has 3 heteroatoms. The van der Waals surface area contributed by atoms with E-state index in [4.69, 9.17) is 0 Å². The van der Waals surface area contributed by atoms with Gasteiger partial charge < -0.3 is 5.32 Å². The van der Waals surface area contributed by atoms with Crippen LogP contribution in [0.3, 0.4) is 0 Å². The molecule has 3 rings (SSSR count). The van der Waals surface area contributed by atoms with Gasteiger partial charge in [-0.15, -0.1) is 11.8 Å². The molecule has 100 valence electrons. The zero-order chi connectivity index (χ0) is 13.9. The van der Waals surface area contributed by atoms with Crippen LogP contribution in [-0.4, -0.2) is 12.8 Å². The minimum atomic E-state index is 0.565. The van der Waals surface area contributed by atoms with E-state index in [1.54, 1.807) is 11.8 Å². The van der Waals surface area contributed by atoms with E-state index in [-0.39, 0.29) is 0 Å². The number of fused-ring (bicyclic) bond motifs is 1. The number of rotatable bonds is 4. The van der Waals surface area contributed by atoms with Gasteiger partial charge in [0, 0.05) is 17.4 Å². The summed E-state index contributed by atoms with van der Waals surface area (Å²) in [5.74, 6) is 0.565. The van der Waals surface area contributed by atoms with Crippen molar-refractivity contribution in [1.29, 1.82) is 5.26 Å². The van der Waals surface area contributed by atoms with Crippen molar-refractivity contribution in [3.63, 3.8) is 0 Å². The van der Waals surface area contributed by atoms with E-state index in [1.165, 1.54) is 11.1 Å². The van der Waals surface area contributed by atoms with Crippen LogP contribution >= 0.6 is 11.8 Å². The van der Waals surface area contributed by atoms with Crippen LogP contribution in [0.2, 0.25) is 0 Å². The molecule has 2 aromatic rings. The molecule has 0 saturated carbocycles. The lowest BCUT2D eigenvalue weighted by Crippen LogP contribution is -2.24. The van der Waals surface area contributed by atoms with Crippen LogP contribution in [-0.2, 0) is 6.42 Å². The molecule has 0 amide bonds. The second-order valence-corrected chi connectivity index (χ2v) is 5.82. The second kappa shape index (κ2) is 5.60. The Labute approximate surface area is 123 Å². The lowest BCUT2D eigenvalue weighted by atomic mass is 9.77. The molecule has 1 aliphatic carbocycles. The van der Waals surface area contributed by atoms with E-state index in [0.29, 0.717) is 5.92 Å². The van der Waals surface area contributed by atoms with Gasteiger partial charge in [0.1, 0.15) is 6.07 Å². The number of nitrogens with one attached hydrogen (secondary N) is 1. The molecular formula is C17H16N2S. The molecule has 1 aliphatic rings. The van der Waals surface area contributed by atoms with E-state index in [0.717, 1.165) is 29.1 Å². The molecule has 1 unspecified atom stereocenters. The smallest absolute Gasteiger partial charge is 0.102 e. The molecule has 2 nitrogen and oxygen atoms in total. The highest BCUT2D eigenvalue weighted by atomic mass is 32.2. The summed E-state index contributed by atoms with van der Waals surface area (Å²) in [6, 6.07) is 16.9. The van der Waals surface area contributed by atoms with Crippen molar-refractivity contribution in [1.82, 2.24) is 0 Å².